The lowest BCUT2D eigenvalue weighted by Crippen LogP contribution is -2.10. The molecular weight excluding hydrogens is 252 g/mol. The monoisotopic (exact) mass is 276 g/mol. The smallest absolute Gasteiger partial charge is 0.338 e. The van der Waals surface area contributed by atoms with Crippen LogP contribution in [-0.4, -0.2) is 24.3 Å². The Morgan fingerprint density at radius 3 is 2.55 bits per heavy atom. The molecule has 0 amide bonds. The Morgan fingerprint density at radius 2 is 1.95 bits per heavy atom. The summed E-state index contributed by atoms with van der Waals surface area (Å²) >= 11 is 0. The van der Waals surface area contributed by atoms with Gasteiger partial charge in [-0.3, -0.25) is 0 Å². The van der Waals surface area contributed by atoms with E-state index in [4.69, 9.17) is 9.47 Å². The van der Waals surface area contributed by atoms with Crippen LogP contribution in [0.4, 0.5) is 0 Å². The summed E-state index contributed by atoms with van der Waals surface area (Å²) in [6, 6.07) is 9.13. The summed E-state index contributed by atoms with van der Waals surface area (Å²) < 4.78 is 10.9. The predicted molar refractivity (Wildman–Crippen MR) is 78.7 cm³/mol. The number of benzene rings is 1. The van der Waals surface area contributed by atoms with Crippen LogP contribution in [0.15, 0.2) is 30.3 Å². The first-order chi connectivity index (χ1) is 9.49. The van der Waals surface area contributed by atoms with Gasteiger partial charge in [0.1, 0.15) is 0 Å². The molecule has 2 atom stereocenters. The Balaban J connectivity index is 1.60. The van der Waals surface area contributed by atoms with Gasteiger partial charge in [0, 0.05) is 0 Å². The molecule has 1 saturated heterocycles. The van der Waals surface area contributed by atoms with Gasteiger partial charge in [-0.15, -0.1) is 0 Å². The molecule has 1 aliphatic heterocycles. The number of hydrogen-bond acceptors (Lipinski definition) is 3. The zero-order valence-corrected chi connectivity index (χ0v) is 12.6. The van der Waals surface area contributed by atoms with Gasteiger partial charge >= 0.3 is 5.97 Å². The Labute approximate surface area is 121 Å². The van der Waals surface area contributed by atoms with Crippen molar-refractivity contribution in [1.29, 1.82) is 0 Å². The first-order valence-electron chi connectivity index (χ1n) is 7.39. The van der Waals surface area contributed by atoms with Crippen molar-refractivity contribution < 1.29 is 14.3 Å². The Kier molecular flexibility index (Phi) is 4.81. The zero-order chi connectivity index (χ0) is 14.6. The highest BCUT2D eigenvalue weighted by molar-refractivity contribution is 5.89. The largest absolute Gasteiger partial charge is 0.462 e. The van der Waals surface area contributed by atoms with Crippen LogP contribution in [0.1, 0.15) is 50.4 Å². The quantitative estimate of drug-likeness (QED) is 0.561. The van der Waals surface area contributed by atoms with Crippen molar-refractivity contribution in [3.63, 3.8) is 0 Å². The lowest BCUT2D eigenvalue weighted by molar-refractivity contribution is 0.0483. The molecule has 0 aliphatic carbocycles. The van der Waals surface area contributed by atoms with E-state index in [1.807, 2.05) is 18.2 Å². The lowest BCUT2D eigenvalue weighted by atomic mass is 9.98. The molecular formula is C17H24O3. The summed E-state index contributed by atoms with van der Waals surface area (Å²) in [7, 11) is 0. The second-order valence-corrected chi connectivity index (χ2v) is 6.18. The van der Waals surface area contributed by atoms with Gasteiger partial charge < -0.3 is 9.47 Å². The van der Waals surface area contributed by atoms with Gasteiger partial charge in [-0.25, -0.2) is 4.79 Å². The number of rotatable bonds is 7. The van der Waals surface area contributed by atoms with Crippen molar-refractivity contribution in [2.75, 3.05) is 6.61 Å². The highest BCUT2D eigenvalue weighted by Crippen LogP contribution is 2.39. The van der Waals surface area contributed by atoms with Crippen LogP contribution < -0.4 is 0 Å². The molecule has 3 heteroatoms. The minimum atomic E-state index is -0.232. The molecule has 1 fully saturated rings. The molecule has 1 aromatic carbocycles. The highest BCUT2D eigenvalue weighted by atomic mass is 16.6. The highest BCUT2D eigenvalue weighted by Gasteiger charge is 2.46. The third kappa shape index (κ3) is 4.34. The average molecular weight is 276 g/mol. The average Bonchev–Trinajstić information content (AvgIpc) is 3.05. The molecule has 3 nitrogen and oxygen atoms in total. The van der Waals surface area contributed by atoms with Gasteiger partial charge in [0.05, 0.1) is 23.9 Å². The van der Waals surface area contributed by atoms with Crippen LogP contribution >= 0.6 is 0 Å². The van der Waals surface area contributed by atoms with E-state index in [9.17, 15) is 4.79 Å². The molecule has 0 spiro atoms. The van der Waals surface area contributed by atoms with Gasteiger partial charge in [-0.2, -0.15) is 0 Å². The second-order valence-electron chi connectivity index (χ2n) is 6.18. The molecule has 0 bridgehead atoms. The van der Waals surface area contributed by atoms with E-state index in [-0.39, 0.29) is 11.6 Å². The van der Waals surface area contributed by atoms with Gasteiger partial charge in [0.25, 0.3) is 0 Å². The summed E-state index contributed by atoms with van der Waals surface area (Å²) in [5.41, 5.74) is 0.702. The number of epoxide rings is 1. The second kappa shape index (κ2) is 6.40. The van der Waals surface area contributed by atoms with Crippen LogP contribution in [0, 0.1) is 5.92 Å². The van der Waals surface area contributed by atoms with Crippen molar-refractivity contribution in [3.05, 3.63) is 35.9 Å². The number of carbonyl (C=O) groups is 1. The SMILES string of the molecule is CC(CCOC(=O)c1ccccc1)CCC1OC1(C)C. The van der Waals surface area contributed by atoms with Crippen LogP contribution in [0.2, 0.25) is 0 Å². The van der Waals surface area contributed by atoms with Crippen molar-refractivity contribution in [1.82, 2.24) is 0 Å². The van der Waals surface area contributed by atoms with Gasteiger partial charge in [-0.05, 0) is 51.2 Å². The van der Waals surface area contributed by atoms with Gasteiger partial charge in [-0.1, -0.05) is 25.1 Å². The maximum absolute atomic E-state index is 11.7. The van der Waals surface area contributed by atoms with Crippen molar-refractivity contribution in [3.8, 4) is 0 Å². The number of carbonyl (C=O) groups excluding carboxylic acids is 1. The summed E-state index contributed by atoms with van der Waals surface area (Å²) in [5, 5.41) is 0. The topological polar surface area (TPSA) is 38.8 Å². The van der Waals surface area contributed by atoms with Crippen molar-refractivity contribution in [2.24, 2.45) is 5.92 Å². The van der Waals surface area contributed by atoms with Crippen LogP contribution in [0.5, 0.6) is 0 Å². The van der Waals surface area contributed by atoms with E-state index in [2.05, 4.69) is 20.8 Å². The van der Waals surface area contributed by atoms with Crippen LogP contribution in [0.25, 0.3) is 0 Å². The summed E-state index contributed by atoms with van der Waals surface area (Å²) in [5.74, 6) is 0.322. The van der Waals surface area contributed by atoms with Crippen LogP contribution in [-0.2, 0) is 9.47 Å². The third-order valence-corrected chi connectivity index (χ3v) is 3.94. The molecule has 20 heavy (non-hydrogen) atoms. The van der Waals surface area contributed by atoms with Crippen molar-refractivity contribution in [2.45, 2.75) is 51.7 Å². The number of hydrogen-bond donors (Lipinski definition) is 0. The van der Waals surface area contributed by atoms with Gasteiger partial charge in [0.2, 0.25) is 0 Å². The lowest BCUT2D eigenvalue weighted by Gasteiger charge is -2.11. The number of esters is 1. The summed E-state index contributed by atoms with van der Waals surface area (Å²) in [6.45, 7) is 6.95. The maximum atomic E-state index is 11.7. The fourth-order valence-corrected chi connectivity index (χ4v) is 2.33. The number of ether oxygens (including phenoxy) is 2. The van der Waals surface area contributed by atoms with E-state index in [1.54, 1.807) is 12.1 Å². The summed E-state index contributed by atoms with van der Waals surface area (Å²) in [4.78, 5) is 11.7. The molecule has 2 unspecified atom stereocenters. The third-order valence-electron chi connectivity index (χ3n) is 3.94. The molecule has 0 saturated carbocycles. The van der Waals surface area contributed by atoms with Crippen molar-refractivity contribution >= 4 is 5.97 Å². The predicted octanol–water partition coefficient (Wildman–Crippen LogP) is 3.83. The first-order valence-corrected chi connectivity index (χ1v) is 7.39. The minimum absolute atomic E-state index is 0.0828. The molecule has 0 N–H and O–H groups in total. The van der Waals surface area contributed by atoms with Gasteiger partial charge in [0.15, 0.2) is 0 Å². The molecule has 2 rings (SSSR count). The molecule has 0 radical (unpaired) electrons. The van der Waals surface area contributed by atoms with E-state index < -0.39 is 0 Å². The van der Waals surface area contributed by atoms with E-state index >= 15 is 0 Å². The Morgan fingerprint density at radius 1 is 1.30 bits per heavy atom. The minimum Gasteiger partial charge on any atom is -0.462 e. The maximum Gasteiger partial charge on any atom is 0.338 e. The van der Waals surface area contributed by atoms with E-state index in [0.717, 1.165) is 19.3 Å². The van der Waals surface area contributed by atoms with E-state index in [1.165, 1.54) is 0 Å². The standard InChI is InChI=1S/C17H24O3/c1-13(9-10-15-17(2,3)20-15)11-12-19-16(18)14-7-5-4-6-8-14/h4-8,13,15H,9-12H2,1-3H3. The van der Waals surface area contributed by atoms with E-state index in [0.29, 0.717) is 24.2 Å². The zero-order valence-electron chi connectivity index (χ0n) is 12.6. The molecule has 1 heterocycles. The fraction of sp³-hybridized carbons (Fsp3) is 0.588. The molecule has 1 aliphatic rings. The first kappa shape index (κ1) is 15.0. The molecule has 110 valence electrons. The molecule has 1 aromatic rings. The Bertz CT molecular complexity index is 439. The Hall–Kier alpha value is -1.35. The van der Waals surface area contributed by atoms with Crippen LogP contribution in [0.3, 0.4) is 0 Å². The normalized spacial score (nSPS) is 21.2. The summed E-state index contributed by atoms with van der Waals surface area (Å²) in [6.07, 6.45) is 3.54. The molecule has 0 aromatic heterocycles. The fourth-order valence-electron chi connectivity index (χ4n) is 2.33.